The van der Waals surface area contributed by atoms with Crippen LogP contribution in [-0.4, -0.2) is 9.13 Å². The Morgan fingerprint density at radius 1 is 0.280 bits per heavy atom. The van der Waals surface area contributed by atoms with Gasteiger partial charge < -0.3 is 9.13 Å². The Morgan fingerprint density at radius 3 is 1.06 bits per heavy atom. The van der Waals surface area contributed by atoms with Crippen LogP contribution in [0.5, 0.6) is 0 Å². The van der Waals surface area contributed by atoms with Crippen LogP contribution in [0.25, 0.3) is 88.4 Å². The maximum Gasteiger partial charge on any atom is 0.0645 e. The first kappa shape index (κ1) is 15.7. The third kappa shape index (κ3) is 4.57. The van der Waals surface area contributed by atoms with Crippen LogP contribution in [0.15, 0.2) is 194 Å². The topological polar surface area (TPSA) is 9.86 Å². The highest BCUT2D eigenvalue weighted by Gasteiger charge is 2.16. The predicted octanol–water partition coefficient (Wildman–Crippen LogP) is 12.9. The summed E-state index contributed by atoms with van der Waals surface area (Å²) in [5.41, 5.74) is 4.32. The van der Waals surface area contributed by atoms with E-state index in [0.717, 1.165) is 0 Å². The van der Waals surface area contributed by atoms with E-state index in [0.29, 0.717) is 55.4 Å². The van der Waals surface area contributed by atoms with Crippen molar-refractivity contribution in [3.63, 3.8) is 0 Å². The Morgan fingerprint density at radius 2 is 0.640 bits per heavy atom. The molecular formula is C48H32N2. The molecule has 10 aromatic rings. The van der Waals surface area contributed by atoms with Crippen LogP contribution >= 0.6 is 0 Å². The van der Waals surface area contributed by atoms with E-state index >= 15 is 0 Å². The summed E-state index contributed by atoms with van der Waals surface area (Å²) in [5, 5.41) is 1.42. The van der Waals surface area contributed by atoms with Crippen molar-refractivity contribution in [2.75, 3.05) is 0 Å². The second kappa shape index (κ2) is 11.5. The molecule has 2 nitrogen and oxygen atoms in total. The molecule has 0 fully saturated rings. The third-order valence-corrected chi connectivity index (χ3v) is 8.96. The van der Waals surface area contributed by atoms with E-state index in [2.05, 4.69) is 0 Å². The highest BCUT2D eigenvalue weighted by Crippen LogP contribution is 2.38. The van der Waals surface area contributed by atoms with E-state index < -0.39 is 60.4 Å². The second-order valence-electron chi connectivity index (χ2n) is 11.7. The van der Waals surface area contributed by atoms with Crippen molar-refractivity contribution in [1.82, 2.24) is 9.13 Å². The Labute approximate surface area is 316 Å². The molecule has 2 heteroatoms. The minimum absolute atomic E-state index is 0.0111. The summed E-state index contributed by atoms with van der Waals surface area (Å²) >= 11 is 0. The van der Waals surface area contributed by atoms with Gasteiger partial charge in [0.05, 0.1) is 46.7 Å². The van der Waals surface area contributed by atoms with Gasteiger partial charge in [-0.2, -0.15) is 0 Å². The van der Waals surface area contributed by atoms with Gasteiger partial charge in [-0.25, -0.2) is 0 Å². The molecular weight excluding hydrogens is 605 g/mol. The van der Waals surface area contributed by atoms with Gasteiger partial charge in [0.25, 0.3) is 0 Å². The summed E-state index contributed by atoms with van der Waals surface area (Å²) in [6.45, 7) is 0. The molecule has 0 radical (unpaired) electrons. The maximum absolute atomic E-state index is 9.07. The number of benzene rings is 8. The van der Waals surface area contributed by atoms with Gasteiger partial charge in [0.2, 0.25) is 0 Å². The minimum Gasteiger partial charge on any atom is -0.309 e. The van der Waals surface area contributed by atoms with E-state index in [1.807, 2.05) is 12.1 Å². The Bertz CT molecular complexity index is 3560. The summed E-state index contributed by atoms with van der Waals surface area (Å²) in [4.78, 5) is 0. The summed E-state index contributed by atoms with van der Waals surface area (Å²) in [6, 6.07) is 16.4. The SMILES string of the molecule is [2H]c1c([2H])c([2H])c(-c2ccc(-n3c4ccc(-c5ccc6c(c5)c5c([2H])c([2H])c([2H])c([2H])c5n6-c5ccc(-c6c([2H])c([2H])c([2H])c([2H])c6[2H])cc5)cc4c4c([2H])c([2H])c([2H])c([2H])c43)cc2)c([2H])c1[2H]. The summed E-state index contributed by atoms with van der Waals surface area (Å²) < 4.78 is 156. The fourth-order valence-corrected chi connectivity index (χ4v) is 6.68. The number of aromatic nitrogens is 2. The van der Waals surface area contributed by atoms with Crippen LogP contribution in [0, 0.1) is 0 Å². The van der Waals surface area contributed by atoms with Crippen LogP contribution in [0.1, 0.15) is 24.7 Å². The molecule has 0 aliphatic heterocycles. The molecule has 0 spiro atoms. The minimum atomic E-state index is -0.514. The first-order valence-corrected chi connectivity index (χ1v) is 15.7. The quantitative estimate of drug-likeness (QED) is 0.175. The third-order valence-electron chi connectivity index (χ3n) is 8.96. The van der Waals surface area contributed by atoms with Gasteiger partial charge in [-0.05, 0) is 94.0 Å². The van der Waals surface area contributed by atoms with Crippen molar-refractivity contribution in [3.8, 4) is 44.8 Å². The molecule has 0 amide bonds. The zero-order valence-corrected chi connectivity index (χ0v) is 26.0. The lowest BCUT2D eigenvalue weighted by Gasteiger charge is -2.11. The number of hydrogen-bond donors (Lipinski definition) is 0. The van der Waals surface area contributed by atoms with Crippen LogP contribution in [0.4, 0.5) is 0 Å². The number of nitrogens with zero attached hydrogens (tertiary/aromatic N) is 2. The Kier molecular flexibility index (Phi) is 3.62. The largest absolute Gasteiger partial charge is 0.309 e. The van der Waals surface area contributed by atoms with Crippen molar-refractivity contribution in [3.05, 3.63) is 194 Å². The van der Waals surface area contributed by atoms with E-state index in [4.69, 9.17) is 24.7 Å². The summed E-state index contributed by atoms with van der Waals surface area (Å²) in [7, 11) is 0. The number of fused-ring (bicyclic) bond motifs is 6. The van der Waals surface area contributed by atoms with Gasteiger partial charge >= 0.3 is 0 Å². The Balaban J connectivity index is 1.16. The molecule has 0 unspecified atom stereocenters. The second-order valence-corrected chi connectivity index (χ2v) is 11.7. The van der Waals surface area contributed by atoms with Crippen molar-refractivity contribution >= 4 is 43.6 Å². The molecule has 0 saturated heterocycles. The van der Waals surface area contributed by atoms with Crippen molar-refractivity contribution in [2.45, 2.75) is 0 Å². The lowest BCUT2D eigenvalue weighted by molar-refractivity contribution is 1.18. The van der Waals surface area contributed by atoms with Crippen molar-refractivity contribution in [1.29, 1.82) is 0 Å². The highest BCUT2D eigenvalue weighted by molar-refractivity contribution is 6.12. The van der Waals surface area contributed by atoms with Crippen LogP contribution < -0.4 is 0 Å². The summed E-state index contributed by atoms with van der Waals surface area (Å²) in [6.07, 6.45) is 0. The fourth-order valence-electron chi connectivity index (χ4n) is 6.68. The van der Waals surface area contributed by atoms with E-state index in [9.17, 15) is 0 Å². The lowest BCUT2D eigenvalue weighted by atomic mass is 10.0. The zero-order valence-electron chi connectivity index (χ0n) is 44.0. The van der Waals surface area contributed by atoms with Gasteiger partial charge in [0.1, 0.15) is 0 Å². The van der Waals surface area contributed by atoms with Gasteiger partial charge in [-0.3, -0.25) is 0 Å². The first-order chi connectivity index (χ1) is 32.3. The van der Waals surface area contributed by atoms with Crippen LogP contribution in [-0.2, 0) is 0 Å². The monoisotopic (exact) mass is 654 g/mol. The molecule has 10 rings (SSSR count). The molecule has 0 atom stereocenters. The first-order valence-electron chi connectivity index (χ1n) is 24.7. The molecule has 0 saturated carbocycles. The Hall–Kier alpha value is -6.64. The molecule has 0 N–H and O–H groups in total. The van der Waals surface area contributed by atoms with Gasteiger partial charge in [-0.1, -0.05) is 133 Å². The number of rotatable bonds is 5. The molecule has 2 aromatic heterocycles. The van der Waals surface area contributed by atoms with Crippen molar-refractivity contribution < 1.29 is 24.7 Å². The van der Waals surface area contributed by atoms with Crippen LogP contribution in [0.3, 0.4) is 0 Å². The van der Waals surface area contributed by atoms with Crippen LogP contribution in [0.2, 0.25) is 0 Å². The van der Waals surface area contributed by atoms with Gasteiger partial charge in [0.15, 0.2) is 0 Å². The molecule has 0 aliphatic carbocycles. The van der Waals surface area contributed by atoms with E-state index in [1.54, 1.807) is 81.9 Å². The van der Waals surface area contributed by atoms with E-state index in [-0.39, 0.29) is 81.3 Å². The maximum atomic E-state index is 9.07. The predicted molar refractivity (Wildman–Crippen MR) is 211 cm³/mol. The zero-order chi connectivity index (χ0) is 48.7. The fraction of sp³-hybridized carbons (Fsp3) is 0. The smallest absolute Gasteiger partial charge is 0.0645 e. The number of hydrogen-bond acceptors (Lipinski definition) is 0. The van der Waals surface area contributed by atoms with E-state index in [1.165, 1.54) is 0 Å². The normalized spacial score (nSPS) is 16.6. The highest BCUT2D eigenvalue weighted by atomic mass is 15.0. The molecule has 0 bridgehead atoms. The molecule has 8 aromatic carbocycles. The number of para-hydroxylation sites is 2. The molecule has 2 heterocycles. The van der Waals surface area contributed by atoms with Gasteiger partial charge in [0, 0.05) is 32.9 Å². The summed E-state index contributed by atoms with van der Waals surface area (Å²) in [5.74, 6) is 0. The molecule has 0 aliphatic rings. The lowest BCUT2D eigenvalue weighted by Crippen LogP contribution is -1.94. The standard InChI is InChI=1S/C48H32N2/c1-3-11-33(12-4-1)35-19-25-39(26-20-35)49-45-17-9-7-15-41(45)43-31-37(23-29-47(43)49)38-24-30-48-44(32-38)42-16-8-10-18-46(42)50(48)40-27-21-36(22-28-40)34-13-5-2-6-14-34/h1-32H/i1D,2D,3D,4D,5D,6D,7D,8D,9D,10D,11D,12D,13D,14D,15D,16D,17D,18D. The van der Waals surface area contributed by atoms with Crippen molar-refractivity contribution in [2.24, 2.45) is 0 Å². The molecule has 234 valence electrons. The van der Waals surface area contributed by atoms with Gasteiger partial charge in [-0.15, -0.1) is 0 Å². The average Bonchev–Trinajstić information content (AvgIpc) is 3.87. The molecule has 50 heavy (non-hydrogen) atoms. The average molecular weight is 655 g/mol.